The van der Waals surface area contributed by atoms with Gasteiger partial charge < -0.3 is 0 Å². The number of allylic oxidation sites excluding steroid dienone is 2. The third-order valence-corrected chi connectivity index (χ3v) is 0.963. The molecule has 0 rings (SSSR count). The topological polar surface area (TPSA) is 17.1 Å². The first-order chi connectivity index (χ1) is 3.85. The molecule has 0 saturated carbocycles. The molecule has 0 bridgehead atoms. The Morgan fingerprint density at radius 1 is 1.62 bits per heavy atom. The molecule has 0 atom stereocenters. The number of rotatable bonds is 3. The van der Waals surface area contributed by atoms with Crippen LogP contribution in [-0.4, -0.2) is 6.29 Å². The highest BCUT2D eigenvalue weighted by Crippen LogP contribution is 1.96. The molecular formula is C7H11O. The molecule has 0 amide bonds. The molecule has 0 aromatic heterocycles. The van der Waals surface area contributed by atoms with Gasteiger partial charge in [-0.05, 0) is 18.4 Å². The Balaban J connectivity index is 3.66. The molecule has 8 heavy (non-hydrogen) atoms. The lowest BCUT2D eigenvalue weighted by atomic mass is 10.2. The molecule has 0 aliphatic rings. The van der Waals surface area contributed by atoms with Gasteiger partial charge in [-0.1, -0.05) is 19.9 Å². The van der Waals surface area contributed by atoms with Crippen LogP contribution < -0.4 is 0 Å². The van der Waals surface area contributed by atoms with Crippen molar-refractivity contribution in [3.05, 3.63) is 11.6 Å². The summed E-state index contributed by atoms with van der Waals surface area (Å²) in [5.41, 5.74) is 0.785. The Hall–Kier alpha value is -0.590. The molecule has 0 aromatic carbocycles. The summed E-state index contributed by atoms with van der Waals surface area (Å²) in [7, 11) is 0. The second-order valence-electron chi connectivity index (χ2n) is 1.59. The van der Waals surface area contributed by atoms with Gasteiger partial charge in [-0.3, -0.25) is 4.79 Å². The Bertz CT molecular complexity index is 92.6. The highest BCUT2D eigenvalue weighted by atomic mass is 16.1. The van der Waals surface area contributed by atoms with Crippen LogP contribution in [0, 0.1) is 0 Å². The highest BCUT2D eigenvalue weighted by molar-refractivity contribution is 5.73. The van der Waals surface area contributed by atoms with Crippen molar-refractivity contribution in [2.24, 2.45) is 0 Å². The van der Waals surface area contributed by atoms with E-state index in [9.17, 15) is 4.79 Å². The van der Waals surface area contributed by atoms with Crippen LogP contribution >= 0.6 is 0 Å². The van der Waals surface area contributed by atoms with Crippen LogP contribution in [0.15, 0.2) is 11.6 Å². The largest absolute Gasteiger partial charge is 0.285 e. The molecule has 0 saturated heterocycles. The maximum atomic E-state index is 9.93. The molecule has 1 radical (unpaired) electrons. The van der Waals surface area contributed by atoms with Gasteiger partial charge in [0.25, 0.3) is 0 Å². The summed E-state index contributed by atoms with van der Waals surface area (Å²) >= 11 is 0. The number of carbonyl (C=O) groups excluding carboxylic acids is 1. The quantitative estimate of drug-likeness (QED) is 0.508. The zero-order chi connectivity index (χ0) is 6.41. The molecule has 0 heterocycles. The lowest BCUT2D eigenvalue weighted by molar-refractivity contribution is 0.560. The Morgan fingerprint density at radius 2 is 2.25 bits per heavy atom. The summed E-state index contributed by atoms with van der Waals surface area (Å²) in [5.74, 6) is 0. The average molecular weight is 111 g/mol. The van der Waals surface area contributed by atoms with Crippen molar-refractivity contribution in [3.63, 3.8) is 0 Å². The van der Waals surface area contributed by atoms with Gasteiger partial charge in [0.05, 0.1) is 0 Å². The highest BCUT2D eigenvalue weighted by Gasteiger charge is 1.86. The van der Waals surface area contributed by atoms with Crippen molar-refractivity contribution in [1.29, 1.82) is 0 Å². The molecule has 0 fully saturated rings. The summed E-state index contributed by atoms with van der Waals surface area (Å²) in [6.07, 6.45) is 5.49. The third kappa shape index (κ3) is 2.56. The average Bonchev–Trinajstić information content (AvgIpc) is 1.83. The summed E-state index contributed by atoms with van der Waals surface area (Å²) in [5, 5.41) is 0. The maximum Gasteiger partial charge on any atom is 0.228 e. The van der Waals surface area contributed by atoms with Crippen LogP contribution in [0.2, 0.25) is 0 Å². The fourth-order valence-electron chi connectivity index (χ4n) is 0.505. The predicted octanol–water partition coefficient (Wildman–Crippen LogP) is 1.84. The van der Waals surface area contributed by atoms with Crippen molar-refractivity contribution in [1.82, 2.24) is 0 Å². The fraction of sp³-hybridized carbons (Fsp3) is 0.571. The lowest BCUT2D eigenvalue weighted by Crippen LogP contribution is -1.79. The second-order valence-corrected chi connectivity index (χ2v) is 1.59. The predicted molar refractivity (Wildman–Crippen MR) is 34.4 cm³/mol. The van der Waals surface area contributed by atoms with Crippen molar-refractivity contribution >= 4 is 6.29 Å². The van der Waals surface area contributed by atoms with E-state index in [0.717, 1.165) is 18.4 Å². The molecule has 0 aromatic rings. The summed E-state index contributed by atoms with van der Waals surface area (Å²) in [6.45, 7) is 3.96. The van der Waals surface area contributed by atoms with Crippen molar-refractivity contribution < 1.29 is 4.79 Å². The van der Waals surface area contributed by atoms with Gasteiger partial charge in [0.1, 0.15) is 0 Å². The summed E-state index contributed by atoms with van der Waals surface area (Å²) in [4.78, 5) is 9.93. The van der Waals surface area contributed by atoms with E-state index in [1.807, 2.05) is 26.2 Å². The van der Waals surface area contributed by atoms with E-state index in [1.54, 1.807) is 0 Å². The zero-order valence-electron chi connectivity index (χ0n) is 5.40. The number of hydrogen-bond donors (Lipinski definition) is 0. The van der Waals surface area contributed by atoms with Gasteiger partial charge in [-0.25, -0.2) is 0 Å². The van der Waals surface area contributed by atoms with Gasteiger partial charge in [0.2, 0.25) is 6.29 Å². The molecular weight excluding hydrogens is 100 g/mol. The minimum Gasteiger partial charge on any atom is -0.285 e. The third-order valence-electron chi connectivity index (χ3n) is 0.963. The van der Waals surface area contributed by atoms with Gasteiger partial charge in [-0.2, -0.15) is 0 Å². The van der Waals surface area contributed by atoms with E-state index in [0.29, 0.717) is 0 Å². The van der Waals surface area contributed by atoms with Gasteiger partial charge in [0, 0.05) is 0 Å². The van der Waals surface area contributed by atoms with Crippen molar-refractivity contribution in [2.45, 2.75) is 26.7 Å². The van der Waals surface area contributed by atoms with E-state index < -0.39 is 0 Å². The van der Waals surface area contributed by atoms with Crippen LogP contribution in [0.1, 0.15) is 26.7 Å². The standard InChI is InChI=1S/C7H11O/c1-3-5-7(4-2)6-8/h5H,3-4H2,1-2H3/b7-5+. The van der Waals surface area contributed by atoms with Crippen LogP contribution in [0.3, 0.4) is 0 Å². The minimum atomic E-state index is 0.785. The van der Waals surface area contributed by atoms with Crippen LogP contribution in [0.5, 0.6) is 0 Å². The molecule has 0 aliphatic carbocycles. The normalized spacial score (nSPS) is 11.5. The Kier molecular flexibility index (Phi) is 4.23. The molecule has 1 heteroatoms. The van der Waals surface area contributed by atoms with Crippen LogP contribution in [0.25, 0.3) is 0 Å². The van der Waals surface area contributed by atoms with Gasteiger partial charge >= 0.3 is 0 Å². The van der Waals surface area contributed by atoms with Crippen molar-refractivity contribution in [3.8, 4) is 0 Å². The first-order valence-electron chi connectivity index (χ1n) is 2.92. The Morgan fingerprint density at radius 3 is 2.38 bits per heavy atom. The van der Waals surface area contributed by atoms with Crippen molar-refractivity contribution in [2.75, 3.05) is 0 Å². The SMILES string of the molecule is CC/C=C(/[C]=O)CC. The molecule has 45 valence electrons. The second kappa shape index (κ2) is 4.57. The monoisotopic (exact) mass is 111 g/mol. The first kappa shape index (κ1) is 7.41. The van der Waals surface area contributed by atoms with Gasteiger partial charge in [0.15, 0.2) is 0 Å². The Labute approximate surface area is 50.4 Å². The lowest BCUT2D eigenvalue weighted by Gasteiger charge is -1.86. The van der Waals surface area contributed by atoms with E-state index in [1.165, 1.54) is 0 Å². The van der Waals surface area contributed by atoms with Crippen LogP contribution in [0.4, 0.5) is 0 Å². The molecule has 0 unspecified atom stereocenters. The maximum absolute atomic E-state index is 9.93. The van der Waals surface area contributed by atoms with E-state index >= 15 is 0 Å². The fourth-order valence-corrected chi connectivity index (χ4v) is 0.505. The summed E-state index contributed by atoms with van der Waals surface area (Å²) < 4.78 is 0. The molecule has 0 N–H and O–H groups in total. The number of hydrogen-bond acceptors (Lipinski definition) is 1. The zero-order valence-corrected chi connectivity index (χ0v) is 5.40. The first-order valence-corrected chi connectivity index (χ1v) is 2.92. The van der Waals surface area contributed by atoms with E-state index in [2.05, 4.69) is 0 Å². The van der Waals surface area contributed by atoms with Crippen LogP contribution in [-0.2, 0) is 4.79 Å². The summed E-state index contributed by atoms with van der Waals surface area (Å²) in [6, 6.07) is 0. The molecule has 0 spiro atoms. The molecule has 0 aliphatic heterocycles. The molecule has 1 nitrogen and oxygen atoms in total. The smallest absolute Gasteiger partial charge is 0.228 e. The van der Waals surface area contributed by atoms with Gasteiger partial charge in [-0.15, -0.1) is 0 Å². The minimum absolute atomic E-state index is 0.785. The van der Waals surface area contributed by atoms with E-state index in [-0.39, 0.29) is 0 Å². The van der Waals surface area contributed by atoms with E-state index in [4.69, 9.17) is 0 Å².